The van der Waals surface area contributed by atoms with Gasteiger partial charge in [-0.25, -0.2) is 9.78 Å². The van der Waals surface area contributed by atoms with Gasteiger partial charge in [0.2, 0.25) is 5.60 Å². The molecule has 1 saturated heterocycles. The lowest BCUT2D eigenvalue weighted by atomic mass is 9.77. The van der Waals surface area contributed by atoms with E-state index in [4.69, 9.17) is 15.0 Å². The van der Waals surface area contributed by atoms with Gasteiger partial charge in [-0.05, 0) is 33.9 Å². The van der Waals surface area contributed by atoms with Crippen LogP contribution in [0.5, 0.6) is 0 Å². The second kappa shape index (κ2) is 20.1. The average molecular weight is 957 g/mol. The normalized spacial score (nSPS) is 16.0. The molecule has 0 aliphatic carbocycles. The molecule has 6 aromatic carbocycles. The van der Waals surface area contributed by atoms with Crippen molar-refractivity contribution >= 4 is 57.8 Å². The number of aliphatic carboxylic acids is 1. The van der Waals surface area contributed by atoms with E-state index in [0.717, 1.165) is 38.9 Å². The number of benzene rings is 6. The number of hydrogen-bond acceptors (Lipinski definition) is 10. The zero-order valence-electron chi connectivity index (χ0n) is 37.4. The van der Waals surface area contributed by atoms with E-state index in [2.05, 4.69) is 52.0 Å². The third-order valence-electron chi connectivity index (χ3n) is 12.3. The number of fused-ring (bicyclic) bond motifs is 1. The minimum absolute atomic E-state index is 0.135. The van der Waals surface area contributed by atoms with Gasteiger partial charge in [-0.2, -0.15) is 0 Å². The molecule has 2 aliphatic rings. The number of oxime groups is 1. The molecule has 4 heterocycles. The van der Waals surface area contributed by atoms with E-state index in [1.165, 1.54) is 28.0 Å². The number of amides is 2. The maximum atomic E-state index is 15.1. The summed E-state index contributed by atoms with van der Waals surface area (Å²) in [5, 5.41) is 23.5. The number of carbonyl (C=O) groups excluding carboxylic acids is 2. The van der Waals surface area contributed by atoms with Crippen LogP contribution in [-0.2, 0) is 30.4 Å². The topological polar surface area (TPSA) is 146 Å². The summed E-state index contributed by atoms with van der Waals surface area (Å²) in [7, 11) is 0. The standard InChI is InChI=1S/C57H44N6O5S2/c64-51(60-49-52(65)63-50(54(66)67)40(37-69-53(49)63)34-33-39-20-19-35-58-36-39)48(62-68-57(44-27-13-4-14-28-44,45-29-15-5-16-30-45)46-31-17-6-18-32-46)47-38-70-55(59-47)61-56(41-21-7-1-8-22-41,42-23-9-2-10-24-42)43-25-11-3-12-26-43/h1-36,38,49,53H,37H2,(H,59,61)(H,60,64)(H,66,67)/b34-33-,62-48+/t49-,53-/m1/s1. The highest BCUT2D eigenvalue weighted by Crippen LogP contribution is 2.44. The van der Waals surface area contributed by atoms with Crippen molar-refractivity contribution in [1.82, 2.24) is 20.2 Å². The number of carboxylic acid groups (broad SMARTS) is 1. The molecule has 2 atom stereocenters. The number of thioether (sulfide) groups is 1. The number of pyridine rings is 1. The number of β-lactam (4-membered cyclic amide) rings is 1. The Morgan fingerprint density at radius 3 is 1.66 bits per heavy atom. The highest BCUT2D eigenvalue weighted by Gasteiger charge is 2.54. The molecule has 0 bridgehead atoms. The number of nitrogens with zero attached hydrogens (tertiary/aromatic N) is 4. The number of anilines is 1. The van der Waals surface area contributed by atoms with Gasteiger partial charge in [0.15, 0.2) is 10.8 Å². The summed E-state index contributed by atoms with van der Waals surface area (Å²) in [5.74, 6) is -2.27. The molecule has 8 aromatic rings. The fraction of sp³-hybridized carbons (Fsp3) is 0.0877. The van der Waals surface area contributed by atoms with Gasteiger partial charge in [-0.1, -0.05) is 205 Å². The zero-order chi connectivity index (χ0) is 47.9. The molecular formula is C57H44N6O5S2. The van der Waals surface area contributed by atoms with Gasteiger partial charge in [-0.3, -0.25) is 19.5 Å². The summed E-state index contributed by atoms with van der Waals surface area (Å²) >= 11 is 2.65. The molecule has 2 amide bonds. The Morgan fingerprint density at radius 1 is 0.686 bits per heavy atom. The minimum Gasteiger partial charge on any atom is -0.477 e. The lowest BCUT2D eigenvalue weighted by molar-refractivity contribution is -0.150. The first-order valence-electron chi connectivity index (χ1n) is 22.5. The Balaban J connectivity index is 1.06. The summed E-state index contributed by atoms with van der Waals surface area (Å²) in [6.07, 6.45) is 6.77. The lowest BCUT2D eigenvalue weighted by Gasteiger charge is -2.49. The summed E-state index contributed by atoms with van der Waals surface area (Å²) in [4.78, 5) is 59.4. The molecule has 2 aliphatic heterocycles. The molecular weight excluding hydrogens is 913 g/mol. The molecule has 11 nitrogen and oxygen atoms in total. The second-order valence-corrected chi connectivity index (χ2v) is 18.4. The predicted molar refractivity (Wildman–Crippen MR) is 275 cm³/mol. The summed E-state index contributed by atoms with van der Waals surface area (Å²) in [6.45, 7) is 0. The number of hydrogen-bond donors (Lipinski definition) is 3. The molecule has 3 N–H and O–H groups in total. The van der Waals surface area contributed by atoms with Gasteiger partial charge in [0, 0.05) is 40.2 Å². The van der Waals surface area contributed by atoms with E-state index >= 15 is 4.79 Å². The predicted octanol–water partition coefficient (Wildman–Crippen LogP) is 10.1. The molecule has 0 radical (unpaired) electrons. The van der Waals surface area contributed by atoms with Crippen LogP contribution in [0, 0.1) is 0 Å². The maximum Gasteiger partial charge on any atom is 0.352 e. The highest BCUT2D eigenvalue weighted by molar-refractivity contribution is 8.00. The first-order chi connectivity index (χ1) is 34.4. The zero-order valence-corrected chi connectivity index (χ0v) is 39.0. The maximum absolute atomic E-state index is 15.1. The first kappa shape index (κ1) is 45.4. The van der Waals surface area contributed by atoms with E-state index in [-0.39, 0.29) is 22.9 Å². The summed E-state index contributed by atoms with van der Waals surface area (Å²) in [6, 6.07) is 61.9. The van der Waals surface area contributed by atoms with Gasteiger partial charge in [0.1, 0.15) is 28.3 Å². The Bertz CT molecular complexity index is 3020. The lowest BCUT2D eigenvalue weighted by Crippen LogP contribution is -2.71. The number of rotatable bonds is 16. The number of thiazole rings is 1. The number of nitrogens with one attached hydrogen (secondary N) is 2. The fourth-order valence-electron chi connectivity index (χ4n) is 9.03. The van der Waals surface area contributed by atoms with Gasteiger partial charge in [0.25, 0.3) is 11.8 Å². The Labute approximate surface area is 412 Å². The Hall–Kier alpha value is -8.39. The molecule has 0 unspecified atom stereocenters. The Morgan fingerprint density at radius 2 is 1.19 bits per heavy atom. The Kier molecular flexibility index (Phi) is 13.0. The molecule has 10 rings (SSSR count). The van der Waals surface area contributed by atoms with Crippen molar-refractivity contribution in [1.29, 1.82) is 0 Å². The van der Waals surface area contributed by atoms with E-state index < -0.39 is 40.3 Å². The van der Waals surface area contributed by atoms with Crippen molar-refractivity contribution in [3.63, 3.8) is 0 Å². The molecule has 1 fully saturated rings. The average Bonchev–Trinajstić information content (AvgIpc) is 3.89. The van der Waals surface area contributed by atoms with Crippen LogP contribution in [0.3, 0.4) is 0 Å². The van der Waals surface area contributed by atoms with Crippen LogP contribution in [-0.4, -0.2) is 60.6 Å². The van der Waals surface area contributed by atoms with Crippen molar-refractivity contribution < 1.29 is 24.3 Å². The van der Waals surface area contributed by atoms with Gasteiger partial charge < -0.3 is 20.6 Å². The number of carboxylic acids is 1. The smallest absolute Gasteiger partial charge is 0.352 e. The van der Waals surface area contributed by atoms with Crippen LogP contribution >= 0.6 is 23.1 Å². The van der Waals surface area contributed by atoms with Crippen LogP contribution in [0.4, 0.5) is 5.13 Å². The van der Waals surface area contributed by atoms with Crippen molar-refractivity contribution in [2.45, 2.75) is 22.6 Å². The van der Waals surface area contributed by atoms with E-state index in [1.807, 2.05) is 152 Å². The van der Waals surface area contributed by atoms with E-state index in [9.17, 15) is 14.7 Å². The minimum atomic E-state index is -1.36. The molecule has 13 heteroatoms. The SMILES string of the molecule is O=C(O)C1=C(/C=C\c2cccnc2)CS[C@@H]2[C@H](NC(=O)/C(=N/OC(c3ccccc3)(c3ccccc3)c3ccccc3)c3csc(NC(c4ccccc4)(c4ccccc4)c4ccccc4)n3)C(=O)N12. The highest BCUT2D eigenvalue weighted by atomic mass is 32.2. The molecule has 344 valence electrons. The summed E-state index contributed by atoms with van der Waals surface area (Å²) < 4.78 is 0. The van der Waals surface area contributed by atoms with E-state index in [1.54, 1.807) is 36.0 Å². The molecule has 0 saturated carbocycles. The number of aromatic nitrogens is 2. The van der Waals surface area contributed by atoms with Crippen LogP contribution in [0.2, 0.25) is 0 Å². The fourth-order valence-corrected chi connectivity index (χ4v) is 11.1. The first-order valence-corrected chi connectivity index (χ1v) is 24.4. The third-order valence-corrected chi connectivity index (χ3v) is 14.4. The monoisotopic (exact) mass is 956 g/mol. The van der Waals surface area contributed by atoms with Gasteiger partial charge in [0.05, 0.1) is 0 Å². The second-order valence-electron chi connectivity index (χ2n) is 16.5. The molecule has 0 spiro atoms. The largest absolute Gasteiger partial charge is 0.477 e. The third kappa shape index (κ3) is 8.68. The van der Waals surface area contributed by atoms with Crippen molar-refractivity contribution in [3.05, 3.63) is 274 Å². The van der Waals surface area contributed by atoms with E-state index in [0.29, 0.717) is 10.7 Å². The molecule has 70 heavy (non-hydrogen) atoms. The quantitative estimate of drug-likeness (QED) is 0.0373. The van der Waals surface area contributed by atoms with Crippen LogP contribution in [0.15, 0.2) is 234 Å². The number of carbonyl (C=O) groups is 3. The van der Waals surface area contributed by atoms with Crippen LogP contribution in [0.25, 0.3) is 6.08 Å². The van der Waals surface area contributed by atoms with Crippen molar-refractivity contribution in [2.24, 2.45) is 5.16 Å². The van der Waals surface area contributed by atoms with Gasteiger partial charge >= 0.3 is 5.97 Å². The van der Waals surface area contributed by atoms with Crippen LogP contribution < -0.4 is 10.6 Å². The van der Waals surface area contributed by atoms with Gasteiger partial charge in [-0.15, -0.1) is 23.1 Å². The molecule has 2 aromatic heterocycles. The van der Waals surface area contributed by atoms with Crippen LogP contribution in [0.1, 0.15) is 44.6 Å². The number of allylic oxidation sites excluding steroid dienone is 1. The van der Waals surface area contributed by atoms with Crippen molar-refractivity contribution in [3.8, 4) is 0 Å². The van der Waals surface area contributed by atoms with Crippen molar-refractivity contribution in [2.75, 3.05) is 11.1 Å². The summed E-state index contributed by atoms with van der Waals surface area (Å²) in [5.41, 5.74) is 3.94.